The Hall–Kier alpha value is -0.910. The summed E-state index contributed by atoms with van der Waals surface area (Å²) in [5, 5.41) is 4.55. The first kappa shape index (κ1) is 16.1. The van der Waals surface area contributed by atoms with Gasteiger partial charge in [0.25, 0.3) is 0 Å². The maximum atomic E-state index is 12.6. The second kappa shape index (κ2) is 6.50. The molecule has 1 aromatic rings. The van der Waals surface area contributed by atoms with Gasteiger partial charge in [-0.05, 0) is 27.4 Å². The molecule has 0 fully saturated rings. The summed E-state index contributed by atoms with van der Waals surface area (Å²) in [4.78, 5) is 14.6. The molecule has 0 bridgehead atoms. The summed E-state index contributed by atoms with van der Waals surface area (Å²) in [5.41, 5.74) is -0.436. The van der Waals surface area contributed by atoms with Crippen LogP contribution in [0.1, 0.15) is 30.8 Å². The molecule has 1 atom stereocenters. The van der Waals surface area contributed by atoms with E-state index in [1.807, 2.05) is 25.9 Å². The highest BCUT2D eigenvalue weighted by molar-refractivity contribution is 6.34. The van der Waals surface area contributed by atoms with Crippen molar-refractivity contribution in [3.05, 3.63) is 16.9 Å². The third-order valence-corrected chi connectivity index (χ3v) is 3.65. The van der Waals surface area contributed by atoms with Gasteiger partial charge in [-0.2, -0.15) is 5.10 Å². The summed E-state index contributed by atoms with van der Waals surface area (Å²) >= 11 is 6.10. The molecule has 0 radical (unpaired) electrons. The van der Waals surface area contributed by atoms with Crippen LogP contribution in [0.25, 0.3) is 0 Å². The molecule has 1 aromatic heterocycles. The van der Waals surface area contributed by atoms with Gasteiger partial charge in [-0.1, -0.05) is 18.5 Å². The van der Waals surface area contributed by atoms with Crippen molar-refractivity contribution in [2.24, 2.45) is 0 Å². The average molecular weight is 288 g/mol. The quantitative estimate of drug-likeness (QED) is 0.721. The third kappa shape index (κ3) is 3.55. The Morgan fingerprint density at radius 1 is 1.58 bits per heavy atom. The van der Waals surface area contributed by atoms with E-state index in [0.717, 1.165) is 6.54 Å². The number of Topliss-reactive ketones (excluding diaryl/α,β-unsaturated/α-hetero) is 1. The van der Waals surface area contributed by atoms with Crippen molar-refractivity contribution in [1.29, 1.82) is 0 Å². The van der Waals surface area contributed by atoms with E-state index in [2.05, 4.69) is 5.10 Å². The second-order valence-corrected chi connectivity index (χ2v) is 5.39. The summed E-state index contributed by atoms with van der Waals surface area (Å²) < 4.78 is 7.00. The lowest BCUT2D eigenvalue weighted by molar-refractivity contribution is 0.00967. The lowest BCUT2D eigenvalue weighted by Gasteiger charge is -2.25. The number of carbonyl (C=O) groups is 1. The van der Waals surface area contributed by atoms with Crippen molar-refractivity contribution >= 4 is 17.4 Å². The smallest absolute Gasteiger partial charge is 0.213 e. The number of carbonyl (C=O) groups excluding carboxylic acids is 1. The molecule has 0 aromatic carbocycles. The van der Waals surface area contributed by atoms with Gasteiger partial charge in [0.1, 0.15) is 11.3 Å². The van der Waals surface area contributed by atoms with Gasteiger partial charge < -0.3 is 9.64 Å². The number of hydrogen-bond acceptors (Lipinski definition) is 4. The number of methoxy groups -OCH3 is 1. The first-order chi connectivity index (χ1) is 8.85. The number of rotatable bonds is 7. The maximum Gasteiger partial charge on any atom is 0.213 e. The van der Waals surface area contributed by atoms with E-state index >= 15 is 0 Å². The number of halogens is 1. The molecule has 0 saturated heterocycles. The molecule has 1 unspecified atom stereocenters. The van der Waals surface area contributed by atoms with Gasteiger partial charge >= 0.3 is 0 Å². The molecule has 5 nitrogen and oxygen atoms in total. The molecule has 0 aliphatic rings. The van der Waals surface area contributed by atoms with Crippen molar-refractivity contribution in [2.75, 3.05) is 27.7 Å². The summed E-state index contributed by atoms with van der Waals surface area (Å²) in [6, 6.07) is 0. The molecule has 108 valence electrons. The number of aromatic nitrogens is 2. The number of nitrogens with zero attached hydrogens (tertiary/aromatic N) is 3. The highest BCUT2D eigenvalue weighted by atomic mass is 35.5. The van der Waals surface area contributed by atoms with Crippen molar-refractivity contribution in [2.45, 2.75) is 32.4 Å². The van der Waals surface area contributed by atoms with Gasteiger partial charge in [0.05, 0.1) is 17.8 Å². The minimum atomic E-state index is -0.862. The Morgan fingerprint density at radius 3 is 2.68 bits per heavy atom. The molecule has 0 saturated carbocycles. The minimum absolute atomic E-state index is 0.126. The van der Waals surface area contributed by atoms with Crippen LogP contribution in [-0.4, -0.2) is 53.8 Å². The zero-order valence-electron chi connectivity index (χ0n) is 12.2. The monoisotopic (exact) mass is 287 g/mol. The fourth-order valence-electron chi connectivity index (χ4n) is 1.70. The zero-order valence-corrected chi connectivity index (χ0v) is 13.0. The second-order valence-electron chi connectivity index (χ2n) is 4.99. The molecule has 0 amide bonds. The Balaban J connectivity index is 3.05. The van der Waals surface area contributed by atoms with E-state index < -0.39 is 5.60 Å². The van der Waals surface area contributed by atoms with Crippen LogP contribution in [0.3, 0.4) is 0 Å². The summed E-state index contributed by atoms with van der Waals surface area (Å²) in [5.74, 6) is -0.126. The summed E-state index contributed by atoms with van der Waals surface area (Å²) in [6.07, 6.45) is 2.09. The van der Waals surface area contributed by atoms with Crippen molar-refractivity contribution in [3.8, 4) is 0 Å². The molecule has 1 heterocycles. The van der Waals surface area contributed by atoms with Crippen molar-refractivity contribution in [1.82, 2.24) is 14.7 Å². The van der Waals surface area contributed by atoms with E-state index in [9.17, 15) is 4.79 Å². The largest absolute Gasteiger partial charge is 0.370 e. The van der Waals surface area contributed by atoms with Crippen LogP contribution >= 0.6 is 11.6 Å². The Morgan fingerprint density at radius 2 is 2.21 bits per heavy atom. The van der Waals surface area contributed by atoms with E-state index in [0.29, 0.717) is 23.7 Å². The van der Waals surface area contributed by atoms with Crippen LogP contribution in [0.2, 0.25) is 5.02 Å². The van der Waals surface area contributed by atoms with Crippen LogP contribution in [0.5, 0.6) is 0 Å². The lowest BCUT2D eigenvalue weighted by Crippen LogP contribution is -2.38. The standard InChI is InChI=1S/C13H22ClN3O2/c1-6-13(2,19-5)12(18)11-10(14)9-15-17(11)8-7-16(3)4/h9H,6-8H2,1-5H3. The number of ether oxygens (including phenoxy) is 1. The van der Waals surface area contributed by atoms with Crippen LogP contribution in [0.15, 0.2) is 6.20 Å². The summed E-state index contributed by atoms with van der Waals surface area (Å²) in [7, 11) is 5.48. The van der Waals surface area contributed by atoms with E-state index in [1.165, 1.54) is 13.3 Å². The molecular formula is C13H22ClN3O2. The minimum Gasteiger partial charge on any atom is -0.370 e. The van der Waals surface area contributed by atoms with Gasteiger partial charge in [0.15, 0.2) is 0 Å². The highest BCUT2D eigenvalue weighted by Gasteiger charge is 2.35. The fourth-order valence-corrected chi connectivity index (χ4v) is 1.93. The fraction of sp³-hybridized carbons (Fsp3) is 0.692. The van der Waals surface area contributed by atoms with Gasteiger partial charge in [0.2, 0.25) is 5.78 Å². The van der Waals surface area contributed by atoms with E-state index in [1.54, 1.807) is 11.6 Å². The normalized spacial score (nSPS) is 14.7. The lowest BCUT2D eigenvalue weighted by atomic mass is 9.95. The van der Waals surface area contributed by atoms with Gasteiger partial charge in [-0.25, -0.2) is 0 Å². The number of likely N-dealkylation sites (N-methyl/N-ethyl adjacent to an activating group) is 1. The topological polar surface area (TPSA) is 47.4 Å². The summed E-state index contributed by atoms with van der Waals surface area (Å²) in [6.45, 7) is 5.09. The molecule has 0 aliphatic heterocycles. The number of ketones is 1. The third-order valence-electron chi connectivity index (χ3n) is 3.37. The molecule has 0 aliphatic carbocycles. The first-order valence-electron chi connectivity index (χ1n) is 6.31. The van der Waals surface area contributed by atoms with Gasteiger partial charge in [-0.3, -0.25) is 9.48 Å². The molecule has 6 heteroatoms. The van der Waals surface area contributed by atoms with Gasteiger partial charge in [0, 0.05) is 13.7 Å². The Labute approximate surface area is 119 Å². The molecule has 1 rings (SSSR count). The van der Waals surface area contributed by atoms with Crippen LogP contribution < -0.4 is 0 Å². The zero-order chi connectivity index (χ0) is 14.6. The number of hydrogen-bond donors (Lipinski definition) is 0. The van der Waals surface area contributed by atoms with Crippen molar-refractivity contribution < 1.29 is 9.53 Å². The molecule has 0 spiro atoms. The van der Waals surface area contributed by atoms with E-state index in [4.69, 9.17) is 16.3 Å². The average Bonchev–Trinajstić information content (AvgIpc) is 2.75. The van der Waals surface area contributed by atoms with Crippen LogP contribution in [0, 0.1) is 0 Å². The SMILES string of the molecule is CCC(C)(OC)C(=O)c1c(Cl)cnn1CCN(C)C. The van der Waals surface area contributed by atoms with Crippen LogP contribution in [0.4, 0.5) is 0 Å². The first-order valence-corrected chi connectivity index (χ1v) is 6.69. The Kier molecular flexibility index (Phi) is 5.52. The van der Waals surface area contributed by atoms with Gasteiger partial charge in [-0.15, -0.1) is 0 Å². The highest BCUT2D eigenvalue weighted by Crippen LogP contribution is 2.25. The maximum absolute atomic E-state index is 12.6. The predicted octanol–water partition coefficient (Wildman–Crippen LogP) is 2.10. The molecular weight excluding hydrogens is 266 g/mol. The van der Waals surface area contributed by atoms with Crippen LogP contribution in [-0.2, 0) is 11.3 Å². The molecule has 19 heavy (non-hydrogen) atoms. The molecule has 0 N–H and O–H groups in total. The predicted molar refractivity (Wildman–Crippen MR) is 75.8 cm³/mol. The van der Waals surface area contributed by atoms with Crippen molar-refractivity contribution in [3.63, 3.8) is 0 Å². The Bertz CT molecular complexity index is 439. The van der Waals surface area contributed by atoms with E-state index in [-0.39, 0.29) is 5.78 Å².